The Kier molecular flexibility index (Phi) is 3.52. The van der Waals surface area contributed by atoms with Crippen LogP contribution in [0.3, 0.4) is 0 Å². The van der Waals surface area contributed by atoms with Crippen LogP contribution in [-0.4, -0.2) is 9.78 Å². The number of rotatable bonds is 3. The maximum absolute atomic E-state index is 5.81. The largest absolute Gasteiger partial charge is 0.487 e. The molecule has 0 aliphatic heterocycles. The van der Waals surface area contributed by atoms with Crippen LogP contribution in [0.1, 0.15) is 17.0 Å². The first-order chi connectivity index (χ1) is 8.06. The zero-order valence-electron chi connectivity index (χ0n) is 10.2. The lowest BCUT2D eigenvalue weighted by atomic mass is 10.2. The molecule has 0 atom stereocenters. The second-order valence-corrected chi connectivity index (χ2v) is 5.01. The standard InChI is InChI=1S/C13H15BrN2O/c1-9-4-5-11(14)7-13(9)17-8-12-6-10(2)15-16(12)3/h4-7H,8H2,1-3H3. The van der Waals surface area contributed by atoms with Gasteiger partial charge in [-0.05, 0) is 37.6 Å². The molecule has 0 aliphatic carbocycles. The number of hydrogen-bond donors (Lipinski definition) is 0. The maximum atomic E-state index is 5.81. The average molecular weight is 295 g/mol. The van der Waals surface area contributed by atoms with E-state index in [-0.39, 0.29) is 0 Å². The highest BCUT2D eigenvalue weighted by Crippen LogP contribution is 2.23. The quantitative estimate of drug-likeness (QED) is 0.868. The summed E-state index contributed by atoms with van der Waals surface area (Å²) in [4.78, 5) is 0. The lowest BCUT2D eigenvalue weighted by Crippen LogP contribution is -2.03. The minimum absolute atomic E-state index is 0.536. The van der Waals surface area contributed by atoms with E-state index < -0.39 is 0 Å². The third-order valence-electron chi connectivity index (χ3n) is 2.62. The van der Waals surface area contributed by atoms with Crippen LogP contribution in [-0.2, 0) is 13.7 Å². The van der Waals surface area contributed by atoms with E-state index in [1.165, 1.54) is 0 Å². The van der Waals surface area contributed by atoms with E-state index in [1.54, 1.807) is 0 Å². The van der Waals surface area contributed by atoms with Crippen LogP contribution >= 0.6 is 15.9 Å². The minimum Gasteiger partial charge on any atom is -0.487 e. The van der Waals surface area contributed by atoms with Crippen LogP contribution in [0.2, 0.25) is 0 Å². The monoisotopic (exact) mass is 294 g/mol. The summed E-state index contributed by atoms with van der Waals surface area (Å²) >= 11 is 3.44. The molecule has 4 heteroatoms. The summed E-state index contributed by atoms with van der Waals surface area (Å²) in [5.41, 5.74) is 3.21. The van der Waals surface area contributed by atoms with Crippen LogP contribution in [0.5, 0.6) is 5.75 Å². The summed E-state index contributed by atoms with van der Waals surface area (Å²) < 4.78 is 8.68. The van der Waals surface area contributed by atoms with Crippen LogP contribution < -0.4 is 4.74 Å². The van der Waals surface area contributed by atoms with E-state index in [4.69, 9.17) is 4.74 Å². The van der Waals surface area contributed by atoms with Gasteiger partial charge in [0.2, 0.25) is 0 Å². The molecule has 0 N–H and O–H groups in total. The van der Waals surface area contributed by atoms with Crippen molar-refractivity contribution in [3.05, 3.63) is 45.7 Å². The van der Waals surface area contributed by atoms with Gasteiger partial charge in [-0.1, -0.05) is 22.0 Å². The molecule has 90 valence electrons. The molecule has 0 saturated carbocycles. The highest BCUT2D eigenvalue weighted by molar-refractivity contribution is 9.10. The lowest BCUT2D eigenvalue weighted by Gasteiger charge is -2.09. The van der Waals surface area contributed by atoms with Gasteiger partial charge in [-0.3, -0.25) is 4.68 Å². The van der Waals surface area contributed by atoms with Crippen molar-refractivity contribution >= 4 is 15.9 Å². The summed E-state index contributed by atoms with van der Waals surface area (Å²) in [5, 5.41) is 4.29. The highest BCUT2D eigenvalue weighted by Gasteiger charge is 2.05. The molecule has 0 amide bonds. The van der Waals surface area contributed by atoms with Crippen LogP contribution in [0, 0.1) is 13.8 Å². The Morgan fingerprint density at radius 2 is 2.06 bits per heavy atom. The van der Waals surface area contributed by atoms with Gasteiger partial charge in [0.1, 0.15) is 12.4 Å². The Balaban J connectivity index is 2.12. The molecule has 0 fully saturated rings. The Hall–Kier alpha value is -1.29. The number of hydrogen-bond acceptors (Lipinski definition) is 2. The number of benzene rings is 1. The molecule has 0 saturated heterocycles. The molecule has 1 heterocycles. The van der Waals surface area contributed by atoms with Gasteiger partial charge < -0.3 is 4.74 Å². The Bertz CT molecular complexity index is 534. The molecule has 1 aromatic carbocycles. The van der Waals surface area contributed by atoms with Crippen molar-refractivity contribution in [1.29, 1.82) is 0 Å². The third kappa shape index (κ3) is 2.88. The van der Waals surface area contributed by atoms with Crippen molar-refractivity contribution in [3.8, 4) is 5.75 Å². The van der Waals surface area contributed by atoms with Crippen molar-refractivity contribution < 1.29 is 4.74 Å². The summed E-state index contributed by atoms with van der Waals surface area (Å²) in [6.07, 6.45) is 0. The fraction of sp³-hybridized carbons (Fsp3) is 0.308. The van der Waals surface area contributed by atoms with Crippen molar-refractivity contribution in [2.75, 3.05) is 0 Å². The third-order valence-corrected chi connectivity index (χ3v) is 3.12. The first kappa shape index (κ1) is 12.2. The molecular formula is C13H15BrN2O. The zero-order chi connectivity index (χ0) is 12.4. The molecular weight excluding hydrogens is 280 g/mol. The zero-order valence-corrected chi connectivity index (χ0v) is 11.8. The fourth-order valence-corrected chi connectivity index (χ4v) is 2.02. The van der Waals surface area contributed by atoms with E-state index >= 15 is 0 Å². The Morgan fingerprint density at radius 3 is 2.71 bits per heavy atom. The number of aryl methyl sites for hydroxylation is 3. The van der Waals surface area contributed by atoms with Crippen molar-refractivity contribution in [2.24, 2.45) is 7.05 Å². The van der Waals surface area contributed by atoms with Gasteiger partial charge in [0.15, 0.2) is 0 Å². The van der Waals surface area contributed by atoms with E-state index in [2.05, 4.69) is 21.0 Å². The molecule has 17 heavy (non-hydrogen) atoms. The first-order valence-electron chi connectivity index (χ1n) is 5.45. The topological polar surface area (TPSA) is 27.1 Å². The van der Waals surface area contributed by atoms with Crippen molar-refractivity contribution in [2.45, 2.75) is 20.5 Å². The fourth-order valence-electron chi connectivity index (χ4n) is 1.68. The molecule has 0 radical (unpaired) electrons. The van der Waals surface area contributed by atoms with E-state index in [0.29, 0.717) is 6.61 Å². The van der Waals surface area contributed by atoms with Gasteiger partial charge in [0.25, 0.3) is 0 Å². The molecule has 0 aliphatic rings. The van der Waals surface area contributed by atoms with Crippen molar-refractivity contribution in [1.82, 2.24) is 9.78 Å². The first-order valence-corrected chi connectivity index (χ1v) is 6.24. The van der Waals surface area contributed by atoms with Gasteiger partial charge in [-0.25, -0.2) is 0 Å². The molecule has 0 unspecified atom stereocenters. The molecule has 2 aromatic rings. The maximum Gasteiger partial charge on any atom is 0.130 e. The SMILES string of the molecule is Cc1cc(COc2cc(Br)ccc2C)n(C)n1. The molecule has 1 aromatic heterocycles. The summed E-state index contributed by atoms with van der Waals surface area (Å²) in [6.45, 7) is 4.55. The average Bonchev–Trinajstić information content (AvgIpc) is 2.59. The Labute approximate surface area is 110 Å². The minimum atomic E-state index is 0.536. The molecule has 0 spiro atoms. The number of nitrogens with zero attached hydrogens (tertiary/aromatic N) is 2. The van der Waals surface area contributed by atoms with Gasteiger partial charge in [-0.2, -0.15) is 5.10 Å². The van der Waals surface area contributed by atoms with Crippen LogP contribution in [0.25, 0.3) is 0 Å². The van der Waals surface area contributed by atoms with Crippen LogP contribution in [0.4, 0.5) is 0 Å². The predicted octanol–water partition coefficient (Wildman–Crippen LogP) is 3.38. The van der Waals surface area contributed by atoms with Crippen molar-refractivity contribution in [3.63, 3.8) is 0 Å². The van der Waals surface area contributed by atoms with Gasteiger partial charge in [0, 0.05) is 11.5 Å². The molecule has 0 bridgehead atoms. The van der Waals surface area contributed by atoms with E-state index in [9.17, 15) is 0 Å². The summed E-state index contributed by atoms with van der Waals surface area (Å²) in [7, 11) is 1.93. The van der Waals surface area contributed by atoms with Gasteiger partial charge >= 0.3 is 0 Å². The predicted molar refractivity (Wildman–Crippen MR) is 71.2 cm³/mol. The van der Waals surface area contributed by atoms with Gasteiger partial charge in [0.05, 0.1) is 11.4 Å². The Morgan fingerprint density at radius 1 is 1.29 bits per heavy atom. The van der Waals surface area contributed by atoms with Gasteiger partial charge in [-0.15, -0.1) is 0 Å². The summed E-state index contributed by atoms with van der Waals surface area (Å²) in [5.74, 6) is 0.901. The number of ether oxygens (including phenoxy) is 1. The smallest absolute Gasteiger partial charge is 0.130 e. The number of halogens is 1. The van der Waals surface area contributed by atoms with E-state index in [0.717, 1.165) is 27.2 Å². The molecule has 2 rings (SSSR count). The normalized spacial score (nSPS) is 10.6. The van der Waals surface area contributed by atoms with Crippen LogP contribution in [0.15, 0.2) is 28.7 Å². The summed E-state index contributed by atoms with van der Waals surface area (Å²) in [6, 6.07) is 8.07. The second-order valence-electron chi connectivity index (χ2n) is 4.10. The lowest BCUT2D eigenvalue weighted by molar-refractivity contribution is 0.292. The number of aromatic nitrogens is 2. The highest BCUT2D eigenvalue weighted by atomic mass is 79.9. The van der Waals surface area contributed by atoms with E-state index in [1.807, 2.05) is 49.8 Å². The molecule has 3 nitrogen and oxygen atoms in total. The second kappa shape index (κ2) is 4.92.